The third-order valence-electron chi connectivity index (χ3n) is 7.23. The van der Waals surface area contributed by atoms with E-state index in [9.17, 15) is 4.79 Å². The quantitative estimate of drug-likeness (QED) is 0.694. The lowest BCUT2D eigenvalue weighted by atomic mass is 9.48. The van der Waals surface area contributed by atoms with Crippen LogP contribution in [0.25, 0.3) is 5.69 Å². The summed E-state index contributed by atoms with van der Waals surface area (Å²) >= 11 is 1.52. The number of carbonyl (C=O) groups is 1. The van der Waals surface area contributed by atoms with Gasteiger partial charge in [-0.15, -0.1) is 5.10 Å². The number of aryl methyl sites for hydroxylation is 2. The first-order valence-corrected chi connectivity index (χ1v) is 11.4. The molecule has 0 N–H and O–H groups in total. The van der Waals surface area contributed by atoms with E-state index in [2.05, 4.69) is 47.6 Å². The molecule has 0 spiro atoms. The molecule has 4 aliphatic rings. The Balaban J connectivity index is 1.37. The second-order valence-electron chi connectivity index (χ2n) is 9.49. The van der Waals surface area contributed by atoms with Crippen molar-refractivity contribution in [1.29, 1.82) is 0 Å². The highest BCUT2D eigenvalue weighted by molar-refractivity contribution is 8.00. The molecule has 0 radical (unpaired) electrons. The minimum atomic E-state index is -0.119. The van der Waals surface area contributed by atoms with Crippen LogP contribution in [-0.4, -0.2) is 31.2 Å². The predicted molar refractivity (Wildman–Crippen MR) is 110 cm³/mol. The summed E-state index contributed by atoms with van der Waals surface area (Å²) in [6.07, 6.45) is 7.43. The maximum absolute atomic E-state index is 13.6. The summed E-state index contributed by atoms with van der Waals surface area (Å²) in [4.78, 5) is 13.6. The van der Waals surface area contributed by atoms with Gasteiger partial charge < -0.3 is 0 Å². The number of thioether (sulfide) groups is 1. The fourth-order valence-corrected chi connectivity index (χ4v) is 7.49. The molecule has 0 amide bonds. The molecule has 148 valence electrons. The Morgan fingerprint density at radius 2 is 1.79 bits per heavy atom. The van der Waals surface area contributed by atoms with Crippen molar-refractivity contribution in [2.45, 2.75) is 69.7 Å². The second-order valence-corrected chi connectivity index (χ2v) is 10.8. The van der Waals surface area contributed by atoms with Crippen LogP contribution in [0.1, 0.15) is 56.6 Å². The van der Waals surface area contributed by atoms with Crippen LogP contribution in [0.15, 0.2) is 23.4 Å². The maximum atomic E-state index is 13.6. The second kappa shape index (κ2) is 6.68. The van der Waals surface area contributed by atoms with Crippen molar-refractivity contribution in [2.24, 2.45) is 23.2 Å². The highest BCUT2D eigenvalue weighted by Gasteiger charge is 2.55. The first kappa shape index (κ1) is 18.3. The van der Waals surface area contributed by atoms with Crippen LogP contribution in [0.2, 0.25) is 0 Å². The fourth-order valence-electron chi connectivity index (χ4n) is 6.50. The lowest BCUT2D eigenvalue weighted by Crippen LogP contribution is -2.51. The Morgan fingerprint density at radius 1 is 1.14 bits per heavy atom. The minimum Gasteiger partial charge on any atom is -0.298 e. The monoisotopic (exact) mass is 396 g/mol. The van der Waals surface area contributed by atoms with E-state index in [0.717, 1.165) is 48.3 Å². The predicted octanol–water partition coefficient (Wildman–Crippen LogP) is 4.55. The Kier molecular flexibility index (Phi) is 4.38. The van der Waals surface area contributed by atoms with Crippen LogP contribution in [0.5, 0.6) is 0 Å². The third-order valence-corrected chi connectivity index (χ3v) is 8.27. The topological polar surface area (TPSA) is 60.7 Å². The Morgan fingerprint density at radius 3 is 2.39 bits per heavy atom. The van der Waals surface area contributed by atoms with Crippen LogP contribution in [0, 0.1) is 37.0 Å². The first-order chi connectivity index (χ1) is 13.4. The number of aromatic nitrogens is 4. The number of nitrogens with zero attached hydrogens (tertiary/aromatic N) is 4. The van der Waals surface area contributed by atoms with E-state index < -0.39 is 0 Å². The molecule has 5 nitrogen and oxygen atoms in total. The normalized spacial score (nSPS) is 31.9. The van der Waals surface area contributed by atoms with Gasteiger partial charge in [0.1, 0.15) is 0 Å². The van der Waals surface area contributed by atoms with E-state index in [1.54, 1.807) is 4.68 Å². The maximum Gasteiger partial charge on any atom is 0.214 e. The highest BCUT2D eigenvalue weighted by Crippen LogP contribution is 2.61. The van der Waals surface area contributed by atoms with Crippen molar-refractivity contribution in [3.05, 3.63) is 29.3 Å². The molecule has 4 saturated carbocycles. The molecule has 0 aliphatic heterocycles. The highest BCUT2D eigenvalue weighted by atomic mass is 32.2. The zero-order valence-corrected chi connectivity index (χ0v) is 17.7. The lowest BCUT2D eigenvalue weighted by Gasteiger charge is -2.56. The molecule has 6 rings (SSSR count). The number of benzene rings is 1. The van der Waals surface area contributed by atoms with Gasteiger partial charge in [-0.25, -0.2) is 0 Å². The van der Waals surface area contributed by atoms with Gasteiger partial charge in [-0.2, -0.15) is 4.68 Å². The summed E-state index contributed by atoms with van der Waals surface area (Å²) in [7, 11) is 0. The van der Waals surface area contributed by atoms with Gasteiger partial charge >= 0.3 is 0 Å². The molecule has 2 aromatic rings. The van der Waals surface area contributed by atoms with Crippen LogP contribution in [-0.2, 0) is 4.79 Å². The van der Waals surface area contributed by atoms with Gasteiger partial charge in [0.25, 0.3) is 0 Å². The van der Waals surface area contributed by atoms with Crippen LogP contribution < -0.4 is 0 Å². The number of ketones is 1. The molecule has 4 bridgehead atoms. The summed E-state index contributed by atoms with van der Waals surface area (Å²) in [5.74, 6) is 2.79. The number of rotatable bonds is 5. The third kappa shape index (κ3) is 3.00. The van der Waals surface area contributed by atoms with E-state index in [1.165, 1.54) is 36.6 Å². The van der Waals surface area contributed by atoms with Gasteiger partial charge in [-0.05, 0) is 99.1 Å². The SMILES string of the molecule is Cc1ccc(-n2nnnc2SC(C)C(=O)C23CC4CC(CC(C4)C2)C3)c(C)c1. The molecular weight excluding hydrogens is 368 g/mol. The number of tetrazole rings is 1. The van der Waals surface area contributed by atoms with Crippen LogP contribution >= 0.6 is 11.8 Å². The zero-order valence-electron chi connectivity index (χ0n) is 16.9. The molecule has 1 unspecified atom stereocenters. The fraction of sp³-hybridized carbons (Fsp3) is 0.636. The van der Waals surface area contributed by atoms with E-state index in [1.807, 2.05) is 6.92 Å². The van der Waals surface area contributed by atoms with Gasteiger partial charge in [0.2, 0.25) is 5.16 Å². The van der Waals surface area contributed by atoms with E-state index in [4.69, 9.17) is 0 Å². The van der Waals surface area contributed by atoms with Crippen molar-refractivity contribution < 1.29 is 4.79 Å². The van der Waals surface area contributed by atoms with Crippen LogP contribution in [0.4, 0.5) is 0 Å². The molecule has 1 atom stereocenters. The first-order valence-electron chi connectivity index (χ1n) is 10.5. The van der Waals surface area contributed by atoms with Crippen molar-refractivity contribution in [1.82, 2.24) is 20.2 Å². The summed E-state index contributed by atoms with van der Waals surface area (Å²) in [5.41, 5.74) is 3.26. The number of carbonyl (C=O) groups excluding carboxylic acids is 1. The van der Waals surface area contributed by atoms with Crippen LogP contribution in [0.3, 0.4) is 0 Å². The van der Waals surface area contributed by atoms with Gasteiger partial charge in [0.15, 0.2) is 5.78 Å². The summed E-state index contributed by atoms with van der Waals surface area (Å²) < 4.78 is 1.78. The molecule has 28 heavy (non-hydrogen) atoms. The lowest BCUT2D eigenvalue weighted by molar-refractivity contribution is -0.142. The Hall–Kier alpha value is -1.69. The molecule has 4 fully saturated rings. The summed E-state index contributed by atoms with van der Waals surface area (Å²) in [6, 6.07) is 6.26. The average Bonchev–Trinajstić information content (AvgIpc) is 3.07. The van der Waals surface area contributed by atoms with Crippen molar-refractivity contribution >= 4 is 17.5 Å². The van der Waals surface area contributed by atoms with Crippen molar-refractivity contribution in [2.75, 3.05) is 0 Å². The number of hydrogen-bond donors (Lipinski definition) is 0. The van der Waals surface area contributed by atoms with Gasteiger partial charge in [0, 0.05) is 5.41 Å². The molecule has 4 aliphatic carbocycles. The molecule has 6 heteroatoms. The molecule has 1 heterocycles. The van der Waals surface area contributed by atoms with Crippen molar-refractivity contribution in [3.8, 4) is 5.69 Å². The molecule has 0 saturated heterocycles. The number of hydrogen-bond acceptors (Lipinski definition) is 5. The van der Waals surface area contributed by atoms with Gasteiger partial charge in [-0.1, -0.05) is 29.5 Å². The van der Waals surface area contributed by atoms with Crippen molar-refractivity contribution in [3.63, 3.8) is 0 Å². The zero-order chi connectivity index (χ0) is 19.5. The molecular formula is C22H28N4OS. The molecule has 1 aromatic heterocycles. The van der Waals surface area contributed by atoms with E-state index in [0.29, 0.717) is 10.9 Å². The van der Waals surface area contributed by atoms with Gasteiger partial charge in [0.05, 0.1) is 10.9 Å². The average molecular weight is 397 g/mol. The summed E-state index contributed by atoms with van der Waals surface area (Å²) in [6.45, 7) is 6.20. The Labute approximate surface area is 170 Å². The summed E-state index contributed by atoms with van der Waals surface area (Å²) in [5, 5.41) is 12.9. The standard InChI is InChI=1S/C22H28N4OS/c1-13-4-5-19(14(2)6-13)26-21(23-24-25-26)28-15(3)20(27)22-10-16-7-17(11-22)9-18(8-16)12-22/h4-6,15-18H,7-12H2,1-3H3. The van der Waals surface area contributed by atoms with E-state index >= 15 is 0 Å². The Bertz CT molecular complexity index is 886. The molecule has 1 aromatic carbocycles. The minimum absolute atomic E-state index is 0.0702. The smallest absolute Gasteiger partial charge is 0.214 e. The number of Topliss-reactive ketones (excluding diaryl/α,β-unsaturated/α-hetero) is 1. The van der Waals surface area contributed by atoms with Gasteiger partial charge in [-0.3, -0.25) is 4.79 Å². The van der Waals surface area contributed by atoms with E-state index in [-0.39, 0.29) is 10.7 Å². The largest absolute Gasteiger partial charge is 0.298 e.